The fraction of sp³-hybridized carbons (Fsp3) is 0.455. The van der Waals surface area contributed by atoms with Crippen LogP contribution >= 0.6 is 0 Å². The van der Waals surface area contributed by atoms with Crippen LogP contribution in [0.1, 0.15) is 24.8 Å². The van der Waals surface area contributed by atoms with E-state index >= 15 is 0 Å². The zero-order valence-corrected chi connectivity index (χ0v) is 8.77. The summed E-state index contributed by atoms with van der Waals surface area (Å²) < 4.78 is 10.1. The van der Waals surface area contributed by atoms with E-state index in [4.69, 9.17) is 9.47 Å². The van der Waals surface area contributed by atoms with Crippen molar-refractivity contribution < 1.29 is 14.3 Å². The third kappa shape index (κ3) is 2.26. The third-order valence-corrected chi connectivity index (χ3v) is 2.45. The Hall–Kier alpha value is -1.58. The fourth-order valence-corrected chi connectivity index (χ4v) is 1.60. The maximum absolute atomic E-state index is 10.7. The van der Waals surface area contributed by atoms with E-state index in [0.717, 1.165) is 12.0 Å². The first kappa shape index (κ1) is 9.96. The molecule has 1 aromatic heterocycles. The number of ether oxygens (including phenoxy) is 2. The molecule has 15 heavy (non-hydrogen) atoms. The molecule has 2 unspecified atom stereocenters. The van der Waals surface area contributed by atoms with Gasteiger partial charge in [-0.1, -0.05) is 6.07 Å². The van der Waals surface area contributed by atoms with Crippen LogP contribution in [-0.4, -0.2) is 24.2 Å². The lowest BCUT2D eigenvalue weighted by molar-refractivity contribution is -0.142. The fourth-order valence-electron chi connectivity index (χ4n) is 1.60. The summed E-state index contributed by atoms with van der Waals surface area (Å²) in [6.07, 6.45) is 2.71. The Labute approximate surface area is 88.2 Å². The molecular formula is C11H13NO3. The highest BCUT2D eigenvalue weighted by Gasteiger charge is 2.41. The van der Waals surface area contributed by atoms with E-state index in [1.165, 1.54) is 6.92 Å². The highest BCUT2D eigenvalue weighted by atomic mass is 16.5. The van der Waals surface area contributed by atoms with Gasteiger partial charge in [-0.3, -0.25) is 4.79 Å². The van der Waals surface area contributed by atoms with Gasteiger partial charge < -0.3 is 9.47 Å². The molecule has 0 spiro atoms. The van der Waals surface area contributed by atoms with Crippen LogP contribution in [-0.2, 0) is 9.53 Å². The molecule has 0 amide bonds. The van der Waals surface area contributed by atoms with Gasteiger partial charge in [0.15, 0.2) is 0 Å². The Bertz CT molecular complexity index is 361. The normalized spacial score (nSPS) is 23.3. The standard InChI is InChI=1S/C11H13NO3/c1-7(13)15-10-5-9(10)8-3-4-11(14-2)12-6-8/h3-4,6,9-10H,5H2,1-2H3. The predicted molar refractivity (Wildman–Crippen MR) is 53.7 cm³/mol. The maximum atomic E-state index is 10.7. The number of carbonyl (C=O) groups is 1. The molecular weight excluding hydrogens is 194 g/mol. The average molecular weight is 207 g/mol. The number of nitrogens with zero attached hydrogens (tertiary/aromatic N) is 1. The Balaban J connectivity index is 1.97. The van der Waals surface area contributed by atoms with Gasteiger partial charge in [-0.2, -0.15) is 0 Å². The van der Waals surface area contributed by atoms with Crippen LogP contribution < -0.4 is 4.74 Å². The summed E-state index contributed by atoms with van der Waals surface area (Å²) in [7, 11) is 1.58. The summed E-state index contributed by atoms with van der Waals surface area (Å²) in [6, 6.07) is 3.78. The van der Waals surface area contributed by atoms with Crippen molar-refractivity contribution in [1.82, 2.24) is 4.98 Å². The number of rotatable bonds is 3. The van der Waals surface area contributed by atoms with Crippen LogP contribution in [0, 0.1) is 0 Å². The lowest BCUT2D eigenvalue weighted by Crippen LogP contribution is -2.02. The summed E-state index contributed by atoms with van der Waals surface area (Å²) in [4.78, 5) is 14.8. The van der Waals surface area contributed by atoms with Crippen LogP contribution in [0.5, 0.6) is 5.88 Å². The molecule has 1 aromatic rings. The average Bonchev–Trinajstić information content (AvgIpc) is 2.96. The van der Waals surface area contributed by atoms with Crippen molar-refractivity contribution in [3.63, 3.8) is 0 Å². The molecule has 1 fully saturated rings. The number of carbonyl (C=O) groups excluding carboxylic acids is 1. The van der Waals surface area contributed by atoms with Crippen molar-refractivity contribution >= 4 is 5.97 Å². The van der Waals surface area contributed by atoms with Crippen molar-refractivity contribution in [2.75, 3.05) is 7.11 Å². The van der Waals surface area contributed by atoms with E-state index in [1.807, 2.05) is 12.1 Å². The molecule has 4 heteroatoms. The van der Waals surface area contributed by atoms with E-state index in [-0.39, 0.29) is 12.1 Å². The first-order valence-electron chi connectivity index (χ1n) is 4.88. The molecule has 1 saturated carbocycles. The zero-order valence-electron chi connectivity index (χ0n) is 8.77. The Morgan fingerprint density at radius 2 is 2.33 bits per heavy atom. The Kier molecular flexibility index (Phi) is 2.58. The van der Waals surface area contributed by atoms with Gasteiger partial charge in [-0.05, 0) is 12.0 Å². The number of methoxy groups -OCH3 is 1. The van der Waals surface area contributed by atoms with Crippen molar-refractivity contribution in [1.29, 1.82) is 0 Å². The topological polar surface area (TPSA) is 48.4 Å². The van der Waals surface area contributed by atoms with Gasteiger partial charge in [0, 0.05) is 25.1 Å². The van der Waals surface area contributed by atoms with Gasteiger partial charge in [-0.25, -0.2) is 4.98 Å². The molecule has 0 N–H and O–H groups in total. The SMILES string of the molecule is COc1ccc(C2CC2OC(C)=O)cn1. The van der Waals surface area contributed by atoms with Crippen molar-refractivity contribution in [3.8, 4) is 5.88 Å². The minimum absolute atomic E-state index is 0.0395. The molecule has 4 nitrogen and oxygen atoms in total. The van der Waals surface area contributed by atoms with Crippen molar-refractivity contribution in [3.05, 3.63) is 23.9 Å². The second-order valence-corrected chi connectivity index (χ2v) is 3.62. The Morgan fingerprint density at radius 1 is 1.53 bits per heavy atom. The molecule has 0 saturated heterocycles. The minimum Gasteiger partial charge on any atom is -0.481 e. The highest BCUT2D eigenvalue weighted by molar-refractivity contribution is 5.66. The molecule has 1 aliphatic rings. The van der Waals surface area contributed by atoms with E-state index < -0.39 is 0 Å². The molecule has 0 bridgehead atoms. The van der Waals surface area contributed by atoms with E-state index in [1.54, 1.807) is 13.3 Å². The second kappa shape index (κ2) is 3.88. The number of pyridine rings is 1. The lowest BCUT2D eigenvalue weighted by Gasteiger charge is -2.02. The molecule has 0 aromatic carbocycles. The van der Waals surface area contributed by atoms with Gasteiger partial charge >= 0.3 is 5.97 Å². The number of hydrogen-bond acceptors (Lipinski definition) is 4. The summed E-state index contributed by atoms with van der Waals surface area (Å²) >= 11 is 0. The number of esters is 1. The minimum atomic E-state index is -0.219. The first-order chi connectivity index (χ1) is 7.20. The predicted octanol–water partition coefficient (Wildman–Crippen LogP) is 1.51. The smallest absolute Gasteiger partial charge is 0.302 e. The summed E-state index contributed by atoms with van der Waals surface area (Å²) in [6.45, 7) is 1.43. The molecule has 1 aliphatic carbocycles. The van der Waals surface area contributed by atoms with Crippen molar-refractivity contribution in [2.45, 2.75) is 25.4 Å². The maximum Gasteiger partial charge on any atom is 0.302 e. The summed E-state index contributed by atoms with van der Waals surface area (Å²) in [5, 5.41) is 0. The lowest BCUT2D eigenvalue weighted by atomic mass is 10.2. The quantitative estimate of drug-likeness (QED) is 0.705. The molecule has 80 valence electrons. The van der Waals surface area contributed by atoms with Crippen LogP contribution in [0.3, 0.4) is 0 Å². The molecule has 2 rings (SSSR count). The monoisotopic (exact) mass is 207 g/mol. The van der Waals surface area contributed by atoms with E-state index in [9.17, 15) is 4.79 Å². The molecule has 0 radical (unpaired) electrons. The third-order valence-electron chi connectivity index (χ3n) is 2.45. The van der Waals surface area contributed by atoms with Crippen LogP contribution in [0.25, 0.3) is 0 Å². The second-order valence-electron chi connectivity index (χ2n) is 3.62. The Morgan fingerprint density at radius 3 is 2.87 bits per heavy atom. The number of aromatic nitrogens is 1. The molecule has 0 aliphatic heterocycles. The van der Waals surface area contributed by atoms with Crippen molar-refractivity contribution in [2.24, 2.45) is 0 Å². The van der Waals surface area contributed by atoms with E-state index in [0.29, 0.717) is 11.8 Å². The molecule has 2 atom stereocenters. The first-order valence-corrected chi connectivity index (χ1v) is 4.88. The summed E-state index contributed by atoms with van der Waals surface area (Å²) in [5.41, 5.74) is 1.10. The van der Waals surface area contributed by atoms with Gasteiger partial charge in [0.05, 0.1) is 7.11 Å². The van der Waals surface area contributed by atoms with Crippen LogP contribution in [0.2, 0.25) is 0 Å². The van der Waals surface area contributed by atoms with Gasteiger partial charge in [0.25, 0.3) is 0 Å². The van der Waals surface area contributed by atoms with E-state index in [2.05, 4.69) is 4.98 Å². The summed E-state index contributed by atoms with van der Waals surface area (Å²) in [5.74, 6) is 0.694. The number of hydrogen-bond donors (Lipinski definition) is 0. The van der Waals surface area contributed by atoms with Gasteiger partial charge in [0.2, 0.25) is 5.88 Å². The van der Waals surface area contributed by atoms with Crippen LogP contribution in [0.4, 0.5) is 0 Å². The van der Waals surface area contributed by atoms with Crippen LogP contribution in [0.15, 0.2) is 18.3 Å². The largest absolute Gasteiger partial charge is 0.481 e. The van der Waals surface area contributed by atoms with Gasteiger partial charge in [0.1, 0.15) is 6.10 Å². The zero-order chi connectivity index (χ0) is 10.8. The molecule has 1 heterocycles. The highest BCUT2D eigenvalue weighted by Crippen LogP contribution is 2.43. The van der Waals surface area contributed by atoms with Gasteiger partial charge in [-0.15, -0.1) is 0 Å².